The van der Waals surface area contributed by atoms with Crippen LogP contribution >= 0.6 is 23.1 Å². The lowest BCUT2D eigenvalue weighted by Crippen LogP contribution is -2.15. The van der Waals surface area contributed by atoms with Gasteiger partial charge >= 0.3 is 5.97 Å². The molecule has 39 heavy (non-hydrogen) atoms. The van der Waals surface area contributed by atoms with Gasteiger partial charge in [0.2, 0.25) is 0 Å². The first kappa shape index (κ1) is 26.9. The second kappa shape index (κ2) is 12.4. The number of benzene rings is 2. The molecule has 2 aromatic carbocycles. The maximum Gasteiger partial charge on any atom is 0.341 e. The summed E-state index contributed by atoms with van der Waals surface area (Å²) in [4.78, 5) is 27.0. The van der Waals surface area contributed by atoms with Crippen molar-refractivity contribution in [3.05, 3.63) is 94.4 Å². The van der Waals surface area contributed by atoms with Crippen LogP contribution in [0.5, 0.6) is 0 Å². The average molecular weight is 559 g/mol. The number of esters is 1. The van der Waals surface area contributed by atoms with Crippen LogP contribution in [0.4, 0.5) is 5.00 Å². The summed E-state index contributed by atoms with van der Waals surface area (Å²) in [6, 6.07) is 17.5. The van der Waals surface area contributed by atoms with Gasteiger partial charge in [0, 0.05) is 28.3 Å². The fourth-order valence-corrected chi connectivity index (χ4v) is 6.81. The van der Waals surface area contributed by atoms with Gasteiger partial charge in [0.05, 0.1) is 12.2 Å². The Bertz CT molecular complexity index is 1480. The molecule has 0 atom stereocenters. The third-order valence-electron chi connectivity index (χ3n) is 6.52. The van der Waals surface area contributed by atoms with E-state index in [1.165, 1.54) is 16.2 Å². The number of hydrogen-bond donors (Lipinski definition) is 1. The Hall–Kier alpha value is -3.69. The van der Waals surface area contributed by atoms with Crippen LogP contribution in [-0.2, 0) is 29.9 Å². The quantitative estimate of drug-likeness (QED) is 0.131. The topological polar surface area (TPSA) is 86.1 Å². The van der Waals surface area contributed by atoms with Gasteiger partial charge < -0.3 is 10.1 Å². The van der Waals surface area contributed by atoms with Crippen molar-refractivity contribution in [3.63, 3.8) is 0 Å². The standard InChI is InChI=1S/C30H30N4O3S2/c1-3-18-34-26(21-10-6-5-7-11-21)32-33-30(34)38-19-20-14-16-22(17-15-20)27(35)31-28-25(29(36)37-4-2)23-12-8-9-13-24(23)39-28/h3,5-7,10-11,14-17H,1,4,8-9,12-13,18-19H2,2H3,(H,31,35). The Morgan fingerprint density at radius 1 is 1.10 bits per heavy atom. The maximum absolute atomic E-state index is 13.1. The fraction of sp³-hybridized carbons (Fsp3) is 0.267. The summed E-state index contributed by atoms with van der Waals surface area (Å²) in [6.45, 7) is 6.58. The molecule has 1 amide bonds. The van der Waals surface area contributed by atoms with Crippen LogP contribution in [-0.4, -0.2) is 33.2 Å². The molecular formula is C30H30N4O3S2. The highest BCUT2D eigenvalue weighted by molar-refractivity contribution is 7.98. The minimum absolute atomic E-state index is 0.239. The largest absolute Gasteiger partial charge is 0.462 e. The molecular weight excluding hydrogens is 528 g/mol. The molecule has 9 heteroatoms. The van der Waals surface area contributed by atoms with Crippen molar-refractivity contribution >= 4 is 40.0 Å². The first-order chi connectivity index (χ1) is 19.1. The normalized spacial score (nSPS) is 12.5. The van der Waals surface area contributed by atoms with Gasteiger partial charge in [0.25, 0.3) is 5.91 Å². The van der Waals surface area contributed by atoms with Crippen LogP contribution in [0.15, 0.2) is 72.4 Å². The van der Waals surface area contributed by atoms with E-state index in [0.717, 1.165) is 53.4 Å². The summed E-state index contributed by atoms with van der Waals surface area (Å²) in [5.74, 6) is 0.884. The van der Waals surface area contributed by atoms with Crippen molar-refractivity contribution in [1.29, 1.82) is 0 Å². The minimum atomic E-state index is -0.362. The number of anilines is 1. The molecule has 2 aromatic heterocycles. The molecule has 0 radical (unpaired) electrons. The summed E-state index contributed by atoms with van der Waals surface area (Å²) in [5, 5.41) is 13.2. The Labute approximate surface area is 236 Å². The zero-order valence-electron chi connectivity index (χ0n) is 21.8. The Balaban J connectivity index is 1.27. The van der Waals surface area contributed by atoms with E-state index in [4.69, 9.17) is 4.74 Å². The van der Waals surface area contributed by atoms with Crippen molar-refractivity contribution in [3.8, 4) is 11.4 Å². The van der Waals surface area contributed by atoms with Crippen molar-refractivity contribution in [2.45, 2.75) is 50.1 Å². The monoisotopic (exact) mass is 558 g/mol. The predicted molar refractivity (Wildman–Crippen MR) is 157 cm³/mol. The summed E-state index contributed by atoms with van der Waals surface area (Å²) >= 11 is 3.08. The summed E-state index contributed by atoms with van der Waals surface area (Å²) < 4.78 is 7.36. The molecule has 0 aliphatic heterocycles. The number of thiophene rings is 1. The molecule has 0 unspecified atom stereocenters. The number of allylic oxidation sites excluding steroid dienone is 1. The SMILES string of the molecule is C=CCn1c(SCc2ccc(C(=O)Nc3sc4c(c3C(=O)OCC)CCCC4)cc2)nnc1-c1ccccc1. The smallest absolute Gasteiger partial charge is 0.341 e. The highest BCUT2D eigenvalue weighted by atomic mass is 32.2. The van der Waals surface area contributed by atoms with Crippen LogP contribution in [0.2, 0.25) is 0 Å². The van der Waals surface area contributed by atoms with Crippen molar-refractivity contribution in [2.24, 2.45) is 0 Å². The van der Waals surface area contributed by atoms with Crippen molar-refractivity contribution < 1.29 is 14.3 Å². The zero-order chi connectivity index (χ0) is 27.2. The number of carbonyl (C=O) groups excluding carboxylic acids is 2. The lowest BCUT2D eigenvalue weighted by Gasteiger charge is -2.12. The van der Waals surface area contributed by atoms with E-state index in [9.17, 15) is 9.59 Å². The van der Waals surface area contributed by atoms with Gasteiger partial charge in [0.15, 0.2) is 11.0 Å². The third-order valence-corrected chi connectivity index (χ3v) is 8.77. The zero-order valence-corrected chi connectivity index (χ0v) is 23.4. The number of aromatic nitrogens is 3. The molecule has 4 aromatic rings. The van der Waals surface area contributed by atoms with Crippen molar-refractivity contribution in [2.75, 3.05) is 11.9 Å². The number of carbonyl (C=O) groups is 2. The fourth-order valence-electron chi connectivity index (χ4n) is 4.64. The lowest BCUT2D eigenvalue weighted by atomic mass is 9.95. The molecule has 1 aliphatic carbocycles. The molecule has 0 saturated heterocycles. The number of fused-ring (bicyclic) bond motifs is 1. The molecule has 0 fully saturated rings. The minimum Gasteiger partial charge on any atom is -0.462 e. The summed E-state index contributed by atoms with van der Waals surface area (Å²) in [6.07, 6.45) is 5.75. The number of thioether (sulfide) groups is 1. The molecule has 0 bridgehead atoms. The summed E-state index contributed by atoms with van der Waals surface area (Å²) in [7, 11) is 0. The number of aryl methyl sites for hydroxylation is 1. The van der Waals surface area contributed by atoms with Crippen LogP contribution in [0.3, 0.4) is 0 Å². The molecule has 5 rings (SSSR count). The predicted octanol–water partition coefficient (Wildman–Crippen LogP) is 6.79. The van der Waals surface area contributed by atoms with E-state index >= 15 is 0 Å². The van der Waals surface area contributed by atoms with Gasteiger partial charge in [-0.3, -0.25) is 9.36 Å². The van der Waals surface area contributed by atoms with Crippen LogP contribution in [0.25, 0.3) is 11.4 Å². The van der Waals surface area contributed by atoms with E-state index < -0.39 is 0 Å². The Morgan fingerprint density at radius 3 is 2.62 bits per heavy atom. The van der Waals surface area contributed by atoms with Gasteiger partial charge in [-0.25, -0.2) is 4.79 Å². The van der Waals surface area contributed by atoms with E-state index in [-0.39, 0.29) is 11.9 Å². The number of nitrogens with zero attached hydrogens (tertiary/aromatic N) is 3. The second-order valence-electron chi connectivity index (χ2n) is 9.15. The summed E-state index contributed by atoms with van der Waals surface area (Å²) in [5.41, 5.74) is 4.16. The number of ether oxygens (including phenoxy) is 1. The van der Waals surface area contributed by atoms with Crippen LogP contribution in [0, 0.1) is 0 Å². The third kappa shape index (κ3) is 5.99. The lowest BCUT2D eigenvalue weighted by molar-refractivity contribution is 0.0526. The highest BCUT2D eigenvalue weighted by Gasteiger charge is 2.27. The van der Waals surface area contributed by atoms with Gasteiger partial charge in [0.1, 0.15) is 5.00 Å². The first-order valence-corrected chi connectivity index (χ1v) is 14.8. The van der Waals surface area contributed by atoms with E-state index in [2.05, 4.69) is 26.7 Å². The number of rotatable bonds is 10. The van der Waals surface area contributed by atoms with Gasteiger partial charge in [-0.2, -0.15) is 0 Å². The molecule has 0 spiro atoms. The van der Waals surface area contributed by atoms with E-state index in [0.29, 0.717) is 35.0 Å². The maximum atomic E-state index is 13.1. The van der Waals surface area contributed by atoms with E-state index in [1.54, 1.807) is 18.7 Å². The van der Waals surface area contributed by atoms with Crippen LogP contribution in [0.1, 0.15) is 56.5 Å². The average Bonchev–Trinajstić information content (AvgIpc) is 3.53. The molecule has 0 saturated carbocycles. The number of nitrogens with one attached hydrogen (secondary N) is 1. The molecule has 200 valence electrons. The molecule has 1 N–H and O–H groups in total. The van der Waals surface area contributed by atoms with Gasteiger partial charge in [-0.1, -0.05) is 60.3 Å². The van der Waals surface area contributed by atoms with Crippen LogP contribution < -0.4 is 5.32 Å². The van der Waals surface area contributed by atoms with Gasteiger partial charge in [-0.15, -0.1) is 28.1 Å². The number of hydrogen-bond acceptors (Lipinski definition) is 7. The number of amides is 1. The van der Waals surface area contributed by atoms with Crippen molar-refractivity contribution in [1.82, 2.24) is 14.8 Å². The molecule has 7 nitrogen and oxygen atoms in total. The molecule has 1 aliphatic rings. The second-order valence-corrected chi connectivity index (χ2v) is 11.2. The first-order valence-electron chi connectivity index (χ1n) is 13.0. The highest BCUT2D eigenvalue weighted by Crippen LogP contribution is 2.39. The molecule has 2 heterocycles. The Kier molecular flexibility index (Phi) is 8.58. The van der Waals surface area contributed by atoms with Gasteiger partial charge in [-0.05, 0) is 55.9 Å². The Morgan fingerprint density at radius 2 is 1.87 bits per heavy atom. The van der Waals surface area contributed by atoms with E-state index in [1.807, 2.05) is 60.7 Å².